The maximum atomic E-state index is 10.2. The van der Waals surface area contributed by atoms with Crippen LogP contribution in [0.1, 0.15) is 22.8 Å². The molecule has 8 heteroatoms. The number of benzene rings is 2. The van der Waals surface area contributed by atoms with Crippen LogP contribution in [0.4, 0.5) is 5.95 Å². The third-order valence-corrected chi connectivity index (χ3v) is 6.70. The molecule has 7 nitrogen and oxygen atoms in total. The maximum Gasteiger partial charge on any atom is 0.232 e. The van der Waals surface area contributed by atoms with Gasteiger partial charge in [0, 0.05) is 34.6 Å². The summed E-state index contributed by atoms with van der Waals surface area (Å²) in [5.41, 5.74) is 5.55. The van der Waals surface area contributed by atoms with Crippen molar-refractivity contribution in [2.45, 2.75) is 13.8 Å². The third-order valence-electron chi connectivity index (χ3n) is 6.17. The molecule has 0 amide bonds. The summed E-state index contributed by atoms with van der Waals surface area (Å²) in [5.74, 6) is 1.24. The first-order valence-electron chi connectivity index (χ1n) is 11.5. The van der Waals surface area contributed by atoms with Crippen molar-refractivity contribution in [2.24, 2.45) is 0 Å². The second kappa shape index (κ2) is 9.90. The Hall–Kier alpha value is -3.67. The van der Waals surface area contributed by atoms with Gasteiger partial charge in [0.05, 0.1) is 24.5 Å². The Balaban J connectivity index is 1.61. The SMILES string of the molecule is Cc1cc(/C=C(\C#N)c2nnc(N3CCOCC3)n2-c2ccccc2)c(C)n1-c1ccc(Br)cc1. The third kappa shape index (κ3) is 4.53. The van der Waals surface area contributed by atoms with Crippen molar-refractivity contribution >= 4 is 33.5 Å². The molecule has 0 aliphatic carbocycles. The molecule has 0 saturated carbocycles. The van der Waals surface area contributed by atoms with Gasteiger partial charge in [0.1, 0.15) is 6.07 Å². The van der Waals surface area contributed by atoms with E-state index in [4.69, 9.17) is 4.74 Å². The predicted molar refractivity (Wildman–Crippen MR) is 141 cm³/mol. The van der Waals surface area contributed by atoms with E-state index in [-0.39, 0.29) is 0 Å². The van der Waals surface area contributed by atoms with Crippen molar-refractivity contribution in [1.29, 1.82) is 5.26 Å². The Bertz CT molecular complexity index is 1410. The number of hydrogen-bond donors (Lipinski definition) is 0. The maximum absolute atomic E-state index is 10.2. The minimum Gasteiger partial charge on any atom is -0.378 e. The van der Waals surface area contributed by atoms with Gasteiger partial charge in [0.2, 0.25) is 5.95 Å². The van der Waals surface area contributed by atoms with Gasteiger partial charge in [-0.1, -0.05) is 34.1 Å². The normalized spacial score (nSPS) is 14.2. The predicted octanol–water partition coefficient (Wildman–Crippen LogP) is 5.34. The van der Waals surface area contributed by atoms with Crippen LogP contribution in [0.2, 0.25) is 0 Å². The molecule has 0 bridgehead atoms. The first kappa shape index (κ1) is 23.1. The van der Waals surface area contributed by atoms with Crippen LogP contribution >= 0.6 is 15.9 Å². The summed E-state index contributed by atoms with van der Waals surface area (Å²) in [5, 5.41) is 19.2. The van der Waals surface area contributed by atoms with Crippen LogP contribution in [0.25, 0.3) is 23.0 Å². The van der Waals surface area contributed by atoms with Gasteiger partial charge in [-0.25, -0.2) is 0 Å². The standard InChI is InChI=1S/C27H25BrN6O/c1-19-16-21(20(2)33(19)25-10-8-23(28)9-11-25)17-22(18-29)26-30-31-27(32-12-14-35-15-13-32)34(26)24-6-4-3-5-7-24/h3-11,16-17H,12-15H2,1-2H3/b22-17+. The van der Waals surface area contributed by atoms with Gasteiger partial charge >= 0.3 is 0 Å². The number of nitrogens with zero attached hydrogens (tertiary/aromatic N) is 6. The fourth-order valence-electron chi connectivity index (χ4n) is 4.46. The summed E-state index contributed by atoms with van der Waals surface area (Å²) in [6.45, 7) is 6.87. The number of aryl methyl sites for hydroxylation is 1. The summed E-state index contributed by atoms with van der Waals surface area (Å²) in [6, 6.07) is 22.6. The van der Waals surface area contributed by atoms with Crippen LogP contribution in [0, 0.1) is 25.2 Å². The van der Waals surface area contributed by atoms with Crippen molar-refractivity contribution in [3.8, 4) is 17.4 Å². The van der Waals surface area contributed by atoms with Crippen LogP contribution in [-0.4, -0.2) is 45.6 Å². The molecule has 1 aliphatic heterocycles. The lowest BCUT2D eigenvalue weighted by Crippen LogP contribution is -2.38. The number of morpholine rings is 1. The molecule has 0 atom stereocenters. The molecule has 176 valence electrons. The number of para-hydroxylation sites is 1. The largest absolute Gasteiger partial charge is 0.378 e. The molecule has 0 unspecified atom stereocenters. The molecule has 2 aromatic carbocycles. The molecule has 1 aliphatic rings. The quantitative estimate of drug-likeness (QED) is 0.327. The number of rotatable bonds is 5. The number of allylic oxidation sites excluding steroid dienone is 1. The molecule has 5 rings (SSSR count). The molecule has 35 heavy (non-hydrogen) atoms. The van der Waals surface area contributed by atoms with Crippen LogP contribution < -0.4 is 4.90 Å². The number of halogens is 1. The number of ether oxygens (including phenoxy) is 1. The molecule has 3 heterocycles. The van der Waals surface area contributed by atoms with Crippen molar-refractivity contribution < 1.29 is 4.74 Å². The Kier molecular flexibility index (Phi) is 6.53. The number of anilines is 1. The van der Waals surface area contributed by atoms with Gasteiger partial charge in [-0.3, -0.25) is 4.57 Å². The summed E-state index contributed by atoms with van der Waals surface area (Å²) in [7, 11) is 0. The summed E-state index contributed by atoms with van der Waals surface area (Å²) < 4.78 is 10.7. The topological polar surface area (TPSA) is 71.9 Å². The fourth-order valence-corrected chi connectivity index (χ4v) is 4.72. The van der Waals surface area contributed by atoms with E-state index in [0.29, 0.717) is 24.6 Å². The lowest BCUT2D eigenvalue weighted by Gasteiger charge is -2.28. The van der Waals surface area contributed by atoms with Crippen LogP contribution in [0.3, 0.4) is 0 Å². The second-order valence-electron chi connectivity index (χ2n) is 8.40. The monoisotopic (exact) mass is 528 g/mol. The van der Waals surface area contributed by atoms with Gasteiger partial charge in [0.15, 0.2) is 5.82 Å². The van der Waals surface area contributed by atoms with E-state index in [2.05, 4.69) is 73.7 Å². The zero-order valence-electron chi connectivity index (χ0n) is 19.6. The van der Waals surface area contributed by atoms with E-state index in [1.807, 2.05) is 53.1 Å². The molecule has 1 saturated heterocycles. The Morgan fingerprint density at radius 1 is 0.971 bits per heavy atom. The van der Waals surface area contributed by atoms with Crippen LogP contribution in [-0.2, 0) is 4.74 Å². The minimum atomic E-state index is 0.455. The second-order valence-corrected chi connectivity index (χ2v) is 9.32. The molecule has 0 N–H and O–H groups in total. The average Bonchev–Trinajstić information content (AvgIpc) is 3.45. The van der Waals surface area contributed by atoms with E-state index in [0.717, 1.165) is 51.8 Å². The summed E-state index contributed by atoms with van der Waals surface area (Å²) in [6.07, 6.45) is 1.91. The fraction of sp³-hybridized carbons (Fsp3) is 0.222. The van der Waals surface area contributed by atoms with Crippen molar-refractivity contribution in [1.82, 2.24) is 19.3 Å². The number of hydrogen-bond acceptors (Lipinski definition) is 5. The van der Waals surface area contributed by atoms with E-state index in [1.165, 1.54) is 0 Å². The van der Waals surface area contributed by atoms with Crippen molar-refractivity contribution in [3.63, 3.8) is 0 Å². The van der Waals surface area contributed by atoms with Gasteiger partial charge < -0.3 is 14.2 Å². The zero-order chi connectivity index (χ0) is 24.4. The highest BCUT2D eigenvalue weighted by Crippen LogP contribution is 2.29. The summed E-state index contributed by atoms with van der Waals surface area (Å²) in [4.78, 5) is 2.15. The van der Waals surface area contributed by atoms with Crippen molar-refractivity contribution in [3.05, 3.63) is 87.9 Å². The van der Waals surface area contributed by atoms with Crippen LogP contribution in [0.5, 0.6) is 0 Å². The van der Waals surface area contributed by atoms with Gasteiger partial charge in [-0.05, 0) is 68.0 Å². The number of aromatic nitrogens is 4. The van der Waals surface area contributed by atoms with Gasteiger partial charge in [0.25, 0.3) is 0 Å². The average molecular weight is 529 g/mol. The zero-order valence-corrected chi connectivity index (χ0v) is 21.2. The highest BCUT2D eigenvalue weighted by atomic mass is 79.9. The lowest BCUT2D eigenvalue weighted by atomic mass is 10.1. The lowest BCUT2D eigenvalue weighted by molar-refractivity contribution is 0.122. The highest BCUT2D eigenvalue weighted by molar-refractivity contribution is 9.10. The molecule has 4 aromatic rings. The minimum absolute atomic E-state index is 0.455. The van der Waals surface area contributed by atoms with Gasteiger partial charge in [-0.2, -0.15) is 5.26 Å². The molecule has 0 radical (unpaired) electrons. The van der Waals surface area contributed by atoms with Crippen LogP contribution in [0.15, 0.2) is 65.1 Å². The van der Waals surface area contributed by atoms with E-state index >= 15 is 0 Å². The van der Waals surface area contributed by atoms with Gasteiger partial charge in [-0.15, -0.1) is 10.2 Å². The van der Waals surface area contributed by atoms with E-state index in [1.54, 1.807) is 0 Å². The molecule has 2 aromatic heterocycles. The smallest absolute Gasteiger partial charge is 0.232 e. The first-order chi connectivity index (χ1) is 17.1. The Labute approximate surface area is 213 Å². The Morgan fingerprint density at radius 2 is 1.66 bits per heavy atom. The van der Waals surface area contributed by atoms with E-state index in [9.17, 15) is 5.26 Å². The molecular formula is C27H25BrN6O. The number of nitriles is 1. The molecule has 1 fully saturated rings. The molecular weight excluding hydrogens is 504 g/mol. The molecule has 0 spiro atoms. The van der Waals surface area contributed by atoms with Crippen molar-refractivity contribution in [2.75, 3.05) is 31.2 Å². The Morgan fingerprint density at radius 3 is 2.34 bits per heavy atom. The highest BCUT2D eigenvalue weighted by Gasteiger charge is 2.24. The first-order valence-corrected chi connectivity index (χ1v) is 12.3. The van der Waals surface area contributed by atoms with E-state index < -0.39 is 0 Å². The summed E-state index contributed by atoms with van der Waals surface area (Å²) >= 11 is 3.50.